The van der Waals surface area contributed by atoms with Crippen molar-refractivity contribution in [3.8, 4) is 0 Å². The van der Waals surface area contributed by atoms with Gasteiger partial charge in [-0.3, -0.25) is 10.1 Å². The van der Waals surface area contributed by atoms with Gasteiger partial charge in [0, 0.05) is 11.4 Å². The summed E-state index contributed by atoms with van der Waals surface area (Å²) in [4.78, 5) is 24.2. The molecule has 2 aromatic carbocycles. The highest BCUT2D eigenvalue weighted by atomic mass is 32.2. The Kier molecular flexibility index (Phi) is 5.22. The van der Waals surface area contributed by atoms with Crippen molar-refractivity contribution in [2.45, 2.75) is 24.0 Å². The summed E-state index contributed by atoms with van der Waals surface area (Å²) in [7, 11) is 0. The number of hydrogen-bond donors (Lipinski definition) is 2. The Morgan fingerprint density at radius 1 is 1.14 bits per heavy atom. The Balaban J connectivity index is 2.01. The number of fused-ring (bicyclic) bond motifs is 1. The van der Waals surface area contributed by atoms with E-state index in [1.54, 1.807) is 13.8 Å². The predicted octanol–water partition coefficient (Wildman–Crippen LogP) is 3.17. The number of imide groups is 1. The summed E-state index contributed by atoms with van der Waals surface area (Å²) in [5.41, 5.74) is 0. The van der Waals surface area contributed by atoms with Crippen molar-refractivity contribution >= 4 is 34.5 Å². The van der Waals surface area contributed by atoms with E-state index >= 15 is 0 Å². The van der Waals surface area contributed by atoms with E-state index in [1.807, 2.05) is 30.3 Å². The molecule has 0 aliphatic carbocycles. The minimum atomic E-state index is -0.450. The third-order valence-corrected chi connectivity index (χ3v) is 4.07. The van der Waals surface area contributed by atoms with Gasteiger partial charge in [-0.05, 0) is 36.8 Å². The zero-order chi connectivity index (χ0) is 15.2. The van der Waals surface area contributed by atoms with Gasteiger partial charge in [0.1, 0.15) is 0 Å². The lowest BCUT2D eigenvalue weighted by atomic mass is 10.1. The number of amides is 3. The van der Waals surface area contributed by atoms with Crippen LogP contribution in [0.15, 0.2) is 47.4 Å². The van der Waals surface area contributed by atoms with Crippen LogP contribution in [0.5, 0.6) is 0 Å². The van der Waals surface area contributed by atoms with Gasteiger partial charge in [0.2, 0.25) is 5.91 Å². The molecule has 0 aliphatic heterocycles. The molecule has 0 bridgehead atoms. The maximum atomic E-state index is 11.9. The number of urea groups is 1. The second kappa shape index (κ2) is 7.13. The first-order chi connectivity index (χ1) is 10.1. The standard InChI is InChI=1S/C16H18N2O2S/c1-3-17-16(20)18-15(19)11(2)21-14-9-8-12-6-4-5-7-13(12)10-14/h4-11H,3H2,1-2H3,(H2,17,18,19,20). The van der Waals surface area contributed by atoms with Gasteiger partial charge >= 0.3 is 6.03 Å². The Bertz CT molecular complexity index is 658. The van der Waals surface area contributed by atoms with Crippen LogP contribution in [0.25, 0.3) is 10.8 Å². The first-order valence-electron chi connectivity index (χ1n) is 6.84. The van der Waals surface area contributed by atoms with Gasteiger partial charge in [-0.25, -0.2) is 4.79 Å². The van der Waals surface area contributed by atoms with E-state index < -0.39 is 6.03 Å². The molecule has 0 saturated heterocycles. The third-order valence-electron chi connectivity index (χ3n) is 2.98. The van der Waals surface area contributed by atoms with Crippen LogP contribution < -0.4 is 10.6 Å². The zero-order valence-corrected chi connectivity index (χ0v) is 12.9. The second-order valence-corrected chi connectivity index (χ2v) is 6.03. The van der Waals surface area contributed by atoms with Gasteiger partial charge in [-0.1, -0.05) is 30.3 Å². The van der Waals surface area contributed by atoms with Crippen LogP contribution in [0.2, 0.25) is 0 Å². The highest BCUT2D eigenvalue weighted by molar-refractivity contribution is 8.00. The van der Waals surface area contributed by atoms with Crippen LogP contribution in [-0.4, -0.2) is 23.7 Å². The molecule has 0 radical (unpaired) electrons. The Morgan fingerprint density at radius 2 is 1.86 bits per heavy atom. The first kappa shape index (κ1) is 15.4. The van der Waals surface area contributed by atoms with Crippen LogP contribution in [0, 0.1) is 0 Å². The molecular weight excluding hydrogens is 284 g/mol. The van der Waals surface area contributed by atoms with Gasteiger partial charge in [0.25, 0.3) is 0 Å². The maximum absolute atomic E-state index is 11.9. The molecule has 1 atom stereocenters. The average Bonchev–Trinajstić information content (AvgIpc) is 2.47. The quantitative estimate of drug-likeness (QED) is 0.853. The molecule has 0 spiro atoms. The van der Waals surface area contributed by atoms with E-state index in [9.17, 15) is 9.59 Å². The average molecular weight is 302 g/mol. The van der Waals surface area contributed by atoms with Crippen molar-refractivity contribution < 1.29 is 9.59 Å². The number of rotatable bonds is 4. The van der Waals surface area contributed by atoms with Gasteiger partial charge in [-0.15, -0.1) is 11.8 Å². The van der Waals surface area contributed by atoms with Gasteiger partial charge < -0.3 is 5.32 Å². The molecule has 0 aromatic heterocycles. The lowest BCUT2D eigenvalue weighted by molar-refractivity contribution is -0.119. The topological polar surface area (TPSA) is 58.2 Å². The van der Waals surface area contributed by atoms with Crippen LogP contribution in [0.3, 0.4) is 0 Å². The predicted molar refractivity (Wildman–Crippen MR) is 86.5 cm³/mol. The summed E-state index contributed by atoms with van der Waals surface area (Å²) in [6, 6.07) is 13.7. The van der Waals surface area contributed by atoms with Crippen molar-refractivity contribution in [1.29, 1.82) is 0 Å². The second-order valence-electron chi connectivity index (χ2n) is 4.62. The lowest BCUT2D eigenvalue weighted by Gasteiger charge is -2.12. The molecule has 5 heteroatoms. The minimum absolute atomic E-state index is 0.292. The summed E-state index contributed by atoms with van der Waals surface area (Å²) in [5.74, 6) is -0.292. The summed E-state index contributed by atoms with van der Waals surface area (Å²) < 4.78 is 0. The molecule has 0 saturated carbocycles. The molecule has 0 aliphatic rings. The highest BCUT2D eigenvalue weighted by Crippen LogP contribution is 2.26. The number of nitrogens with one attached hydrogen (secondary N) is 2. The number of carbonyl (C=O) groups excluding carboxylic acids is 2. The van der Waals surface area contributed by atoms with E-state index in [4.69, 9.17) is 0 Å². The van der Waals surface area contributed by atoms with E-state index in [1.165, 1.54) is 17.1 Å². The number of benzene rings is 2. The molecule has 0 fully saturated rings. The zero-order valence-electron chi connectivity index (χ0n) is 12.1. The summed E-state index contributed by atoms with van der Waals surface area (Å²) in [6.07, 6.45) is 0. The SMILES string of the molecule is CCNC(=O)NC(=O)C(C)Sc1ccc2ccccc2c1. The molecule has 1 unspecified atom stereocenters. The van der Waals surface area contributed by atoms with Gasteiger partial charge in [-0.2, -0.15) is 0 Å². The summed E-state index contributed by atoms with van der Waals surface area (Å²) >= 11 is 1.43. The molecule has 0 heterocycles. The van der Waals surface area contributed by atoms with Crippen molar-refractivity contribution in [3.63, 3.8) is 0 Å². The molecule has 2 N–H and O–H groups in total. The minimum Gasteiger partial charge on any atom is -0.338 e. The Hall–Kier alpha value is -2.01. The lowest BCUT2D eigenvalue weighted by Crippen LogP contribution is -2.42. The number of thioether (sulfide) groups is 1. The fourth-order valence-corrected chi connectivity index (χ4v) is 2.83. The normalized spacial score (nSPS) is 11.9. The van der Waals surface area contributed by atoms with E-state index in [2.05, 4.69) is 22.8 Å². The number of carbonyl (C=O) groups is 2. The van der Waals surface area contributed by atoms with Crippen LogP contribution in [0.1, 0.15) is 13.8 Å². The van der Waals surface area contributed by atoms with Gasteiger partial charge in [0.15, 0.2) is 0 Å². The molecule has 110 valence electrons. The molecule has 2 aromatic rings. The maximum Gasteiger partial charge on any atom is 0.321 e. The van der Waals surface area contributed by atoms with Crippen molar-refractivity contribution in [2.75, 3.05) is 6.54 Å². The van der Waals surface area contributed by atoms with Gasteiger partial charge in [0.05, 0.1) is 5.25 Å². The first-order valence-corrected chi connectivity index (χ1v) is 7.72. The Morgan fingerprint density at radius 3 is 2.57 bits per heavy atom. The summed E-state index contributed by atoms with van der Waals surface area (Å²) in [6.45, 7) is 4.08. The molecule has 2 rings (SSSR count). The fraction of sp³-hybridized carbons (Fsp3) is 0.250. The summed E-state index contributed by atoms with van der Waals surface area (Å²) in [5, 5.41) is 6.83. The number of hydrogen-bond acceptors (Lipinski definition) is 3. The van der Waals surface area contributed by atoms with Crippen molar-refractivity contribution in [2.24, 2.45) is 0 Å². The highest BCUT2D eigenvalue weighted by Gasteiger charge is 2.16. The molecule has 4 nitrogen and oxygen atoms in total. The van der Waals surface area contributed by atoms with E-state index in [0.717, 1.165) is 10.3 Å². The third kappa shape index (κ3) is 4.23. The molecule has 3 amide bonds. The fourth-order valence-electron chi connectivity index (χ4n) is 1.92. The smallest absolute Gasteiger partial charge is 0.321 e. The monoisotopic (exact) mass is 302 g/mol. The van der Waals surface area contributed by atoms with Crippen LogP contribution in [-0.2, 0) is 4.79 Å². The van der Waals surface area contributed by atoms with Crippen molar-refractivity contribution in [1.82, 2.24) is 10.6 Å². The van der Waals surface area contributed by atoms with E-state index in [0.29, 0.717) is 6.54 Å². The van der Waals surface area contributed by atoms with Crippen LogP contribution in [0.4, 0.5) is 4.79 Å². The Labute approximate surface area is 128 Å². The molecular formula is C16H18N2O2S. The molecule has 21 heavy (non-hydrogen) atoms. The van der Waals surface area contributed by atoms with E-state index in [-0.39, 0.29) is 11.2 Å². The van der Waals surface area contributed by atoms with Crippen LogP contribution >= 0.6 is 11.8 Å². The van der Waals surface area contributed by atoms with Crippen molar-refractivity contribution in [3.05, 3.63) is 42.5 Å². The largest absolute Gasteiger partial charge is 0.338 e.